The molecule has 0 amide bonds. The third kappa shape index (κ3) is 2.44. The number of rotatable bonds is 3. The Morgan fingerprint density at radius 3 is 2.85 bits per heavy atom. The molecule has 2 aromatic carbocycles. The molecule has 0 radical (unpaired) electrons. The highest BCUT2D eigenvalue weighted by Gasteiger charge is 2.21. The molecule has 1 N–H and O–H groups in total. The summed E-state index contributed by atoms with van der Waals surface area (Å²) in [6, 6.07) is 17.2. The van der Waals surface area contributed by atoms with Crippen LogP contribution in [0.4, 0.5) is 11.4 Å². The quantitative estimate of drug-likeness (QED) is 0.925. The number of ether oxygens (including phenoxy) is 1. The van der Waals surface area contributed by atoms with Gasteiger partial charge >= 0.3 is 0 Å². The summed E-state index contributed by atoms with van der Waals surface area (Å²) in [7, 11) is 3.85. The van der Waals surface area contributed by atoms with Crippen LogP contribution in [0.5, 0.6) is 5.75 Å². The van der Waals surface area contributed by atoms with Crippen LogP contribution in [0.2, 0.25) is 0 Å². The van der Waals surface area contributed by atoms with Gasteiger partial charge in [-0.1, -0.05) is 24.3 Å². The minimum Gasteiger partial charge on any atom is -0.497 e. The molecule has 0 saturated heterocycles. The summed E-state index contributed by atoms with van der Waals surface area (Å²) in [5.41, 5.74) is 3.84. The molecule has 1 aliphatic rings. The average Bonchev–Trinajstić information content (AvgIpc) is 2.53. The van der Waals surface area contributed by atoms with Crippen molar-refractivity contribution in [3.05, 3.63) is 54.1 Å². The summed E-state index contributed by atoms with van der Waals surface area (Å²) in [5.74, 6) is 0.901. The van der Waals surface area contributed by atoms with E-state index < -0.39 is 0 Å². The molecular formula is C17H20N2O. The van der Waals surface area contributed by atoms with Crippen LogP contribution >= 0.6 is 0 Å². The zero-order chi connectivity index (χ0) is 13.9. The smallest absolute Gasteiger partial charge is 0.120 e. The Balaban J connectivity index is 1.80. The largest absolute Gasteiger partial charge is 0.497 e. The highest BCUT2D eigenvalue weighted by Crippen LogP contribution is 2.27. The van der Waals surface area contributed by atoms with E-state index in [4.69, 9.17) is 4.74 Å². The van der Waals surface area contributed by atoms with Crippen LogP contribution in [0, 0.1) is 0 Å². The predicted octanol–water partition coefficient (Wildman–Crippen LogP) is 3.17. The highest BCUT2D eigenvalue weighted by molar-refractivity contribution is 5.57. The van der Waals surface area contributed by atoms with Gasteiger partial charge in [-0.2, -0.15) is 0 Å². The van der Waals surface area contributed by atoms with Crippen LogP contribution < -0.4 is 15.0 Å². The summed E-state index contributed by atoms with van der Waals surface area (Å²) in [6.07, 6.45) is 1.07. The summed E-state index contributed by atoms with van der Waals surface area (Å²) in [5, 5.41) is 3.52. The Morgan fingerprint density at radius 2 is 2.00 bits per heavy atom. The number of anilines is 2. The minimum atomic E-state index is 0.456. The second-order valence-electron chi connectivity index (χ2n) is 5.21. The van der Waals surface area contributed by atoms with E-state index in [0.29, 0.717) is 6.04 Å². The van der Waals surface area contributed by atoms with Crippen molar-refractivity contribution in [2.75, 3.05) is 30.9 Å². The number of fused-ring (bicyclic) bond motifs is 1. The zero-order valence-corrected chi connectivity index (χ0v) is 12.0. The first kappa shape index (κ1) is 12.9. The predicted molar refractivity (Wildman–Crippen MR) is 83.8 cm³/mol. The van der Waals surface area contributed by atoms with Crippen LogP contribution in [0.25, 0.3) is 0 Å². The van der Waals surface area contributed by atoms with E-state index >= 15 is 0 Å². The third-order valence-electron chi connectivity index (χ3n) is 4.01. The molecule has 1 atom stereocenters. The van der Waals surface area contributed by atoms with Crippen molar-refractivity contribution < 1.29 is 4.74 Å². The fourth-order valence-electron chi connectivity index (χ4n) is 2.74. The Labute approximate surface area is 120 Å². The number of benzene rings is 2. The van der Waals surface area contributed by atoms with Gasteiger partial charge in [0.25, 0.3) is 0 Å². The number of para-hydroxylation sites is 1. The third-order valence-corrected chi connectivity index (χ3v) is 4.01. The number of nitrogens with zero attached hydrogens (tertiary/aromatic N) is 1. The number of hydrogen-bond donors (Lipinski definition) is 1. The monoisotopic (exact) mass is 268 g/mol. The van der Waals surface area contributed by atoms with Gasteiger partial charge in [0.15, 0.2) is 0 Å². The fraction of sp³-hybridized carbons (Fsp3) is 0.294. The number of methoxy groups -OCH3 is 1. The van der Waals surface area contributed by atoms with Gasteiger partial charge in [-0.15, -0.1) is 0 Å². The molecule has 3 rings (SSSR count). The van der Waals surface area contributed by atoms with Gasteiger partial charge in [-0.25, -0.2) is 0 Å². The molecule has 0 bridgehead atoms. The lowest BCUT2D eigenvalue weighted by molar-refractivity contribution is 0.414. The molecule has 1 unspecified atom stereocenters. The maximum absolute atomic E-state index is 5.31. The van der Waals surface area contributed by atoms with Crippen LogP contribution in [0.15, 0.2) is 48.5 Å². The SMILES string of the molecule is COc1cccc(N(C)C2CNc3ccccc3C2)c1. The van der Waals surface area contributed by atoms with E-state index in [2.05, 4.69) is 53.7 Å². The number of hydrogen-bond acceptors (Lipinski definition) is 3. The standard InChI is InChI=1S/C17H20N2O/c1-19(14-7-5-8-16(11-14)20-2)15-10-13-6-3-4-9-17(13)18-12-15/h3-9,11,15,18H,10,12H2,1-2H3. The van der Waals surface area contributed by atoms with Gasteiger partial charge in [0, 0.05) is 37.1 Å². The summed E-state index contributed by atoms with van der Waals surface area (Å²) < 4.78 is 5.31. The Bertz CT molecular complexity index is 597. The van der Waals surface area contributed by atoms with Crippen LogP contribution in [0.1, 0.15) is 5.56 Å². The maximum atomic E-state index is 5.31. The van der Waals surface area contributed by atoms with Gasteiger partial charge in [0.2, 0.25) is 0 Å². The summed E-state index contributed by atoms with van der Waals surface area (Å²) in [6.45, 7) is 0.963. The minimum absolute atomic E-state index is 0.456. The molecule has 0 aliphatic carbocycles. The highest BCUT2D eigenvalue weighted by atomic mass is 16.5. The number of likely N-dealkylation sites (N-methyl/N-ethyl adjacent to an activating group) is 1. The average molecular weight is 268 g/mol. The van der Waals surface area contributed by atoms with Crippen molar-refractivity contribution in [2.45, 2.75) is 12.5 Å². The van der Waals surface area contributed by atoms with Crippen LogP contribution in [0.3, 0.4) is 0 Å². The Hall–Kier alpha value is -2.16. The maximum Gasteiger partial charge on any atom is 0.120 e. The second kappa shape index (κ2) is 5.45. The lowest BCUT2D eigenvalue weighted by Gasteiger charge is -2.34. The lowest BCUT2D eigenvalue weighted by Crippen LogP contribution is -2.41. The molecule has 0 fully saturated rings. The van der Waals surface area contributed by atoms with Gasteiger partial charge in [0.1, 0.15) is 5.75 Å². The molecule has 1 aliphatic heterocycles. The van der Waals surface area contributed by atoms with Crippen molar-refractivity contribution in [1.82, 2.24) is 0 Å². The van der Waals surface area contributed by atoms with Crippen molar-refractivity contribution in [3.63, 3.8) is 0 Å². The van der Waals surface area contributed by atoms with Crippen molar-refractivity contribution in [3.8, 4) is 5.75 Å². The van der Waals surface area contributed by atoms with Crippen molar-refractivity contribution in [2.24, 2.45) is 0 Å². The molecule has 0 aromatic heterocycles. The molecule has 1 heterocycles. The molecular weight excluding hydrogens is 248 g/mol. The van der Waals surface area contributed by atoms with Gasteiger partial charge in [-0.3, -0.25) is 0 Å². The molecule has 2 aromatic rings. The topological polar surface area (TPSA) is 24.5 Å². The van der Waals surface area contributed by atoms with Crippen LogP contribution in [-0.4, -0.2) is 26.7 Å². The Morgan fingerprint density at radius 1 is 1.15 bits per heavy atom. The normalized spacial score (nSPS) is 17.0. The van der Waals surface area contributed by atoms with Crippen molar-refractivity contribution >= 4 is 11.4 Å². The van der Waals surface area contributed by atoms with E-state index in [1.807, 2.05) is 12.1 Å². The zero-order valence-electron chi connectivity index (χ0n) is 12.0. The van der Waals surface area contributed by atoms with E-state index in [1.165, 1.54) is 16.9 Å². The van der Waals surface area contributed by atoms with E-state index in [-0.39, 0.29) is 0 Å². The molecule has 3 heteroatoms. The first-order valence-electron chi connectivity index (χ1n) is 6.96. The fourth-order valence-corrected chi connectivity index (χ4v) is 2.74. The molecule has 104 valence electrons. The molecule has 3 nitrogen and oxygen atoms in total. The Kier molecular flexibility index (Phi) is 3.50. The van der Waals surface area contributed by atoms with Gasteiger partial charge in [-0.05, 0) is 30.2 Å². The molecule has 0 saturated carbocycles. The van der Waals surface area contributed by atoms with E-state index in [9.17, 15) is 0 Å². The summed E-state index contributed by atoms with van der Waals surface area (Å²) in [4.78, 5) is 2.32. The second-order valence-corrected chi connectivity index (χ2v) is 5.21. The van der Waals surface area contributed by atoms with E-state index in [1.54, 1.807) is 7.11 Å². The first-order valence-corrected chi connectivity index (χ1v) is 6.96. The van der Waals surface area contributed by atoms with Gasteiger partial charge < -0.3 is 15.0 Å². The molecule has 20 heavy (non-hydrogen) atoms. The first-order chi connectivity index (χ1) is 9.78. The number of nitrogens with one attached hydrogen (secondary N) is 1. The van der Waals surface area contributed by atoms with Crippen molar-refractivity contribution in [1.29, 1.82) is 0 Å². The van der Waals surface area contributed by atoms with Crippen LogP contribution in [-0.2, 0) is 6.42 Å². The van der Waals surface area contributed by atoms with E-state index in [0.717, 1.165) is 18.7 Å². The molecule has 0 spiro atoms. The van der Waals surface area contributed by atoms with Gasteiger partial charge in [0.05, 0.1) is 7.11 Å². The lowest BCUT2D eigenvalue weighted by atomic mass is 9.98. The summed E-state index contributed by atoms with van der Waals surface area (Å²) >= 11 is 0.